The van der Waals surface area contributed by atoms with Gasteiger partial charge in [-0.15, -0.1) is 0 Å². The Balaban J connectivity index is 2.76. The zero-order valence-corrected chi connectivity index (χ0v) is 7.76. The fraction of sp³-hybridized carbons (Fsp3) is 0.111. The zero-order chi connectivity index (χ0) is 11.0. The van der Waals surface area contributed by atoms with Crippen molar-refractivity contribution in [2.75, 3.05) is 0 Å². The number of aryl methyl sites for hydroxylation is 1. The van der Waals surface area contributed by atoms with Gasteiger partial charge in [0, 0.05) is 7.05 Å². The van der Waals surface area contributed by atoms with Crippen LogP contribution in [0.15, 0.2) is 32.1 Å². The molecule has 1 N–H and O–H groups in total. The molecule has 2 aromatic rings. The lowest BCUT2D eigenvalue weighted by Crippen LogP contribution is -2.09. The van der Waals surface area contributed by atoms with Crippen LogP contribution < -0.4 is 5.63 Å². The van der Waals surface area contributed by atoms with Crippen molar-refractivity contribution in [1.29, 1.82) is 0 Å². The molecule has 0 unspecified atom stereocenters. The molecule has 0 saturated heterocycles. The molecule has 78 valence electrons. The number of nitrogens with zero attached hydrogens (tertiary/aromatic N) is 1. The molecule has 0 aliphatic heterocycles. The number of rotatable bonds is 2. The van der Waals surface area contributed by atoms with E-state index in [9.17, 15) is 9.59 Å². The van der Waals surface area contributed by atoms with Crippen molar-refractivity contribution in [3.8, 4) is 11.5 Å². The molecule has 0 spiro atoms. The molecule has 6 heteroatoms. The van der Waals surface area contributed by atoms with Gasteiger partial charge in [-0.2, -0.15) is 0 Å². The molecular weight excluding hydrogens is 202 g/mol. The first-order valence-electron chi connectivity index (χ1n) is 4.08. The van der Waals surface area contributed by atoms with Gasteiger partial charge >= 0.3 is 11.6 Å². The number of carboxylic acids is 1. The average Bonchev–Trinajstić information content (AvgIpc) is 2.71. The molecule has 2 rings (SSSR count). The van der Waals surface area contributed by atoms with E-state index < -0.39 is 17.2 Å². The zero-order valence-electron chi connectivity index (χ0n) is 7.76. The first-order chi connectivity index (χ1) is 7.11. The normalized spacial score (nSPS) is 10.5. The van der Waals surface area contributed by atoms with Gasteiger partial charge in [0.05, 0.1) is 6.26 Å². The topological polar surface area (TPSA) is 85.6 Å². The number of hydrogen-bond acceptors (Lipinski definition) is 4. The molecule has 0 aromatic carbocycles. The number of aromatic carboxylic acids is 1. The first-order valence-corrected chi connectivity index (χ1v) is 4.08. The van der Waals surface area contributed by atoms with Gasteiger partial charge in [0.15, 0.2) is 11.3 Å². The van der Waals surface area contributed by atoms with Crippen LogP contribution in [0.4, 0.5) is 0 Å². The second-order valence-electron chi connectivity index (χ2n) is 2.88. The maximum atomic E-state index is 11.2. The summed E-state index contributed by atoms with van der Waals surface area (Å²) in [6.07, 6.45) is 1.39. The number of hydrogen-bond donors (Lipinski definition) is 1. The van der Waals surface area contributed by atoms with E-state index >= 15 is 0 Å². The lowest BCUT2D eigenvalue weighted by atomic mass is 10.2. The summed E-state index contributed by atoms with van der Waals surface area (Å²) in [6, 6.07) is 3.15. The largest absolute Gasteiger partial charge is 0.477 e. The van der Waals surface area contributed by atoms with E-state index in [-0.39, 0.29) is 11.5 Å². The standard InChI is InChI=1S/C9H7NO5/c1-10-7(5-3-2-4-14-5)6(8(11)12)9(13)15-10/h2-4H,1H3,(H,11,12). The monoisotopic (exact) mass is 209 g/mol. The van der Waals surface area contributed by atoms with Crippen LogP contribution in [0.3, 0.4) is 0 Å². The molecule has 0 radical (unpaired) electrons. The molecule has 6 nitrogen and oxygen atoms in total. The Labute approximate surface area is 83.3 Å². The van der Waals surface area contributed by atoms with Crippen molar-refractivity contribution in [2.45, 2.75) is 0 Å². The van der Waals surface area contributed by atoms with Crippen molar-refractivity contribution in [3.63, 3.8) is 0 Å². The van der Waals surface area contributed by atoms with Crippen molar-refractivity contribution in [1.82, 2.24) is 4.74 Å². The Morgan fingerprint density at radius 3 is 2.80 bits per heavy atom. The van der Waals surface area contributed by atoms with E-state index in [1.165, 1.54) is 13.3 Å². The molecule has 0 atom stereocenters. The van der Waals surface area contributed by atoms with Crippen LogP contribution in [0, 0.1) is 0 Å². The third-order valence-electron chi connectivity index (χ3n) is 1.94. The van der Waals surface area contributed by atoms with Gasteiger partial charge in [-0.1, -0.05) is 0 Å². The van der Waals surface area contributed by atoms with E-state index in [1.54, 1.807) is 12.1 Å². The molecule has 0 saturated carbocycles. The van der Waals surface area contributed by atoms with Crippen molar-refractivity contribution in [3.05, 3.63) is 34.4 Å². The highest BCUT2D eigenvalue weighted by Gasteiger charge is 2.24. The minimum Gasteiger partial charge on any atom is -0.477 e. The summed E-state index contributed by atoms with van der Waals surface area (Å²) >= 11 is 0. The van der Waals surface area contributed by atoms with Crippen LogP contribution in [0.2, 0.25) is 0 Å². The van der Waals surface area contributed by atoms with Crippen LogP contribution >= 0.6 is 0 Å². The maximum absolute atomic E-state index is 11.2. The van der Waals surface area contributed by atoms with Gasteiger partial charge in [-0.25, -0.2) is 14.3 Å². The van der Waals surface area contributed by atoms with E-state index in [0.29, 0.717) is 0 Å². The van der Waals surface area contributed by atoms with Crippen molar-refractivity contribution >= 4 is 5.97 Å². The minimum atomic E-state index is -1.34. The Hall–Kier alpha value is -2.24. The van der Waals surface area contributed by atoms with Crippen molar-refractivity contribution in [2.24, 2.45) is 7.05 Å². The summed E-state index contributed by atoms with van der Waals surface area (Å²) in [4.78, 5) is 22.0. The molecular formula is C9H7NO5. The van der Waals surface area contributed by atoms with Crippen molar-refractivity contribution < 1.29 is 18.8 Å². The van der Waals surface area contributed by atoms with Crippen LogP contribution in [0.5, 0.6) is 0 Å². The van der Waals surface area contributed by atoms with E-state index in [1.807, 2.05) is 0 Å². The Morgan fingerprint density at radius 2 is 2.27 bits per heavy atom. The SMILES string of the molecule is Cn1oc(=O)c(C(=O)O)c1-c1ccco1. The quantitative estimate of drug-likeness (QED) is 0.795. The van der Waals surface area contributed by atoms with Gasteiger partial charge in [0.25, 0.3) is 0 Å². The molecule has 2 heterocycles. The molecule has 0 aliphatic rings. The summed E-state index contributed by atoms with van der Waals surface area (Å²) in [5.41, 5.74) is -1.19. The van der Waals surface area contributed by atoms with E-state index in [2.05, 4.69) is 4.52 Å². The fourth-order valence-corrected chi connectivity index (χ4v) is 1.35. The average molecular weight is 209 g/mol. The molecule has 15 heavy (non-hydrogen) atoms. The Bertz CT molecular complexity index is 546. The highest BCUT2D eigenvalue weighted by atomic mass is 16.5. The van der Waals surface area contributed by atoms with E-state index in [0.717, 1.165) is 4.74 Å². The highest BCUT2D eigenvalue weighted by molar-refractivity contribution is 5.93. The van der Waals surface area contributed by atoms with Crippen LogP contribution in [0.25, 0.3) is 11.5 Å². The van der Waals surface area contributed by atoms with Crippen LogP contribution in [-0.4, -0.2) is 15.8 Å². The Kier molecular flexibility index (Phi) is 1.96. The van der Waals surface area contributed by atoms with Crippen LogP contribution in [-0.2, 0) is 7.05 Å². The minimum absolute atomic E-state index is 0.123. The summed E-state index contributed by atoms with van der Waals surface area (Å²) < 4.78 is 10.7. The third-order valence-corrected chi connectivity index (χ3v) is 1.94. The lowest BCUT2D eigenvalue weighted by molar-refractivity contribution is 0.0694. The maximum Gasteiger partial charge on any atom is 0.372 e. The molecule has 0 fully saturated rings. The summed E-state index contributed by atoms with van der Waals surface area (Å²) in [6.45, 7) is 0. The lowest BCUT2D eigenvalue weighted by Gasteiger charge is -1.96. The second kappa shape index (κ2) is 3.16. The number of carboxylic acid groups (broad SMARTS) is 1. The highest BCUT2D eigenvalue weighted by Crippen LogP contribution is 2.21. The summed E-state index contributed by atoms with van der Waals surface area (Å²) in [5.74, 6) is -1.06. The van der Waals surface area contributed by atoms with Gasteiger partial charge in [0.1, 0.15) is 5.69 Å². The molecule has 0 amide bonds. The summed E-state index contributed by atoms with van der Waals surface area (Å²) in [5, 5.41) is 8.84. The predicted octanol–water partition coefficient (Wildman–Crippen LogP) is 0.937. The van der Waals surface area contributed by atoms with Gasteiger partial charge in [-0.05, 0) is 12.1 Å². The smallest absolute Gasteiger partial charge is 0.372 e. The van der Waals surface area contributed by atoms with Gasteiger partial charge in [-0.3, -0.25) is 0 Å². The van der Waals surface area contributed by atoms with Gasteiger partial charge < -0.3 is 14.0 Å². The fourth-order valence-electron chi connectivity index (χ4n) is 1.35. The number of carbonyl (C=O) groups is 1. The number of aromatic nitrogens is 1. The first kappa shape index (κ1) is 9.32. The Morgan fingerprint density at radius 1 is 1.53 bits per heavy atom. The predicted molar refractivity (Wildman–Crippen MR) is 48.6 cm³/mol. The third kappa shape index (κ3) is 1.35. The van der Waals surface area contributed by atoms with Gasteiger partial charge in [0.2, 0.25) is 0 Å². The number of furan rings is 1. The van der Waals surface area contributed by atoms with E-state index in [4.69, 9.17) is 9.52 Å². The molecule has 0 bridgehead atoms. The second-order valence-corrected chi connectivity index (χ2v) is 2.88. The van der Waals surface area contributed by atoms with Crippen LogP contribution in [0.1, 0.15) is 10.4 Å². The molecule has 0 aliphatic carbocycles. The summed E-state index contributed by atoms with van der Waals surface area (Å²) in [7, 11) is 1.44. The molecule has 2 aromatic heterocycles.